The summed E-state index contributed by atoms with van der Waals surface area (Å²) in [6, 6.07) is 5.24. The van der Waals surface area contributed by atoms with E-state index in [2.05, 4.69) is 0 Å². The number of amides is 1. The average molecular weight is 306 g/mol. The first-order chi connectivity index (χ1) is 10.1. The number of rotatable bonds is 2. The van der Waals surface area contributed by atoms with Crippen molar-refractivity contribution in [2.45, 2.75) is 13.0 Å². The fourth-order valence-electron chi connectivity index (χ4n) is 2.39. The molecule has 0 saturated heterocycles. The fourth-order valence-corrected chi connectivity index (χ4v) is 3.28. The number of carbonyl (C=O) groups is 1. The first-order valence-electron chi connectivity index (χ1n) is 6.34. The van der Waals surface area contributed by atoms with Crippen molar-refractivity contribution in [3.63, 3.8) is 0 Å². The van der Waals surface area contributed by atoms with Crippen LogP contribution in [0.3, 0.4) is 0 Å². The molecule has 1 aliphatic rings. The number of hydrogen-bond acceptors (Lipinski definition) is 4. The normalized spacial score (nSPS) is 13.9. The minimum absolute atomic E-state index is 0.136. The van der Waals surface area contributed by atoms with Crippen LogP contribution < -0.4 is 0 Å². The maximum Gasteiger partial charge on any atom is 0.304 e. The van der Waals surface area contributed by atoms with Gasteiger partial charge in [0.05, 0.1) is 4.92 Å². The van der Waals surface area contributed by atoms with Crippen molar-refractivity contribution in [3.05, 3.63) is 61.6 Å². The number of nitro groups is 1. The van der Waals surface area contributed by atoms with Gasteiger partial charge in [0.1, 0.15) is 0 Å². The zero-order chi connectivity index (χ0) is 15.0. The lowest BCUT2D eigenvalue weighted by Crippen LogP contribution is -2.35. The second kappa shape index (κ2) is 5.25. The van der Waals surface area contributed by atoms with Gasteiger partial charge in [0, 0.05) is 29.6 Å². The third-order valence-electron chi connectivity index (χ3n) is 3.49. The molecule has 3 rings (SSSR count). The minimum Gasteiger partial charge on any atom is -0.334 e. The molecule has 0 fully saturated rings. The van der Waals surface area contributed by atoms with Crippen molar-refractivity contribution in [2.75, 3.05) is 6.54 Å². The molecule has 0 spiro atoms. The molecule has 1 aromatic heterocycles. The van der Waals surface area contributed by atoms with Gasteiger partial charge in [-0.05, 0) is 35.6 Å². The summed E-state index contributed by atoms with van der Waals surface area (Å²) >= 11 is 1.67. The number of carbonyl (C=O) groups excluding carboxylic acids is 1. The number of hydrogen-bond donors (Lipinski definition) is 0. The Morgan fingerprint density at radius 3 is 2.90 bits per heavy atom. The van der Waals surface area contributed by atoms with Gasteiger partial charge in [0.2, 0.25) is 5.82 Å². The first-order valence-corrected chi connectivity index (χ1v) is 7.22. The second-order valence-corrected chi connectivity index (χ2v) is 5.77. The molecule has 0 saturated carbocycles. The summed E-state index contributed by atoms with van der Waals surface area (Å²) in [5.74, 6) is -1.29. The van der Waals surface area contributed by atoms with E-state index < -0.39 is 16.4 Å². The minimum atomic E-state index is -0.987. The lowest BCUT2D eigenvalue weighted by molar-refractivity contribution is -0.387. The maximum atomic E-state index is 13.6. The van der Waals surface area contributed by atoms with Crippen LogP contribution in [0.15, 0.2) is 29.6 Å². The number of benzene rings is 1. The molecule has 2 aromatic rings. The molecule has 1 aromatic carbocycles. The third kappa shape index (κ3) is 2.52. The molecule has 5 nitrogen and oxygen atoms in total. The lowest BCUT2D eigenvalue weighted by atomic mass is 10.1. The zero-order valence-electron chi connectivity index (χ0n) is 10.9. The van der Waals surface area contributed by atoms with E-state index in [1.165, 1.54) is 10.9 Å². The Morgan fingerprint density at radius 2 is 2.19 bits per heavy atom. The summed E-state index contributed by atoms with van der Waals surface area (Å²) in [5, 5.41) is 12.6. The standard InChI is InChI=1S/C14H11FN2O3S/c15-11-7-9(1-2-12(11)17(19)20)14(18)16-5-3-13-10(8-16)4-6-21-13/h1-2,4,6-7H,3,5,8H2. The van der Waals surface area contributed by atoms with E-state index in [9.17, 15) is 19.3 Å². The van der Waals surface area contributed by atoms with Crippen LogP contribution in [0.5, 0.6) is 0 Å². The molecule has 7 heteroatoms. The van der Waals surface area contributed by atoms with Gasteiger partial charge in [0.25, 0.3) is 5.91 Å². The quantitative estimate of drug-likeness (QED) is 0.633. The molecule has 1 aliphatic heterocycles. The van der Waals surface area contributed by atoms with Crippen LogP contribution in [-0.2, 0) is 13.0 Å². The summed E-state index contributed by atoms with van der Waals surface area (Å²) in [4.78, 5) is 25.0. The molecule has 0 aliphatic carbocycles. The highest BCUT2D eigenvalue weighted by atomic mass is 32.1. The number of thiophene rings is 1. The molecule has 21 heavy (non-hydrogen) atoms. The largest absolute Gasteiger partial charge is 0.334 e. The summed E-state index contributed by atoms with van der Waals surface area (Å²) < 4.78 is 13.6. The van der Waals surface area contributed by atoms with Gasteiger partial charge in [-0.25, -0.2) is 0 Å². The van der Waals surface area contributed by atoms with Crippen molar-refractivity contribution in [1.29, 1.82) is 0 Å². The predicted molar refractivity (Wildman–Crippen MR) is 75.8 cm³/mol. The van der Waals surface area contributed by atoms with Crippen LogP contribution in [0.4, 0.5) is 10.1 Å². The van der Waals surface area contributed by atoms with Crippen molar-refractivity contribution in [3.8, 4) is 0 Å². The molecule has 2 heterocycles. The van der Waals surface area contributed by atoms with Crippen LogP contribution in [0.1, 0.15) is 20.8 Å². The predicted octanol–water partition coefficient (Wildman–Crippen LogP) is 2.99. The molecular weight excluding hydrogens is 295 g/mol. The highest BCUT2D eigenvalue weighted by Crippen LogP contribution is 2.26. The van der Waals surface area contributed by atoms with Gasteiger partial charge in [-0.1, -0.05) is 0 Å². The maximum absolute atomic E-state index is 13.6. The van der Waals surface area contributed by atoms with E-state index in [1.54, 1.807) is 16.2 Å². The van der Waals surface area contributed by atoms with E-state index in [-0.39, 0.29) is 11.5 Å². The molecule has 0 radical (unpaired) electrons. The Balaban J connectivity index is 1.83. The number of nitrogens with zero attached hydrogens (tertiary/aromatic N) is 2. The molecule has 0 atom stereocenters. The molecule has 0 unspecified atom stereocenters. The molecular formula is C14H11FN2O3S. The van der Waals surface area contributed by atoms with Crippen molar-refractivity contribution >= 4 is 22.9 Å². The molecule has 108 valence electrons. The van der Waals surface area contributed by atoms with Crippen LogP contribution >= 0.6 is 11.3 Å². The number of fused-ring (bicyclic) bond motifs is 1. The molecule has 0 N–H and O–H groups in total. The van der Waals surface area contributed by atoms with Crippen LogP contribution in [0, 0.1) is 15.9 Å². The average Bonchev–Trinajstić information content (AvgIpc) is 2.93. The van der Waals surface area contributed by atoms with E-state index in [0.29, 0.717) is 13.1 Å². The zero-order valence-corrected chi connectivity index (χ0v) is 11.7. The number of halogens is 1. The summed E-state index contributed by atoms with van der Waals surface area (Å²) in [6.07, 6.45) is 0.786. The Kier molecular flexibility index (Phi) is 3.42. The van der Waals surface area contributed by atoms with Gasteiger partial charge in [-0.2, -0.15) is 4.39 Å². The SMILES string of the molecule is O=C(c1ccc([N+](=O)[O-])c(F)c1)N1CCc2sccc2C1. The summed E-state index contributed by atoms with van der Waals surface area (Å²) in [7, 11) is 0. The van der Waals surface area contributed by atoms with Gasteiger partial charge >= 0.3 is 5.69 Å². The Hall–Kier alpha value is -2.28. The van der Waals surface area contributed by atoms with Crippen molar-refractivity contribution in [1.82, 2.24) is 4.90 Å². The van der Waals surface area contributed by atoms with Gasteiger partial charge in [-0.15, -0.1) is 11.3 Å². The second-order valence-electron chi connectivity index (χ2n) is 4.77. The van der Waals surface area contributed by atoms with Crippen LogP contribution in [-0.4, -0.2) is 22.3 Å². The van der Waals surface area contributed by atoms with Crippen LogP contribution in [0.25, 0.3) is 0 Å². The summed E-state index contributed by atoms with van der Waals surface area (Å²) in [6.45, 7) is 1.07. The van der Waals surface area contributed by atoms with Gasteiger partial charge in [-0.3, -0.25) is 14.9 Å². The topological polar surface area (TPSA) is 63.4 Å². The van der Waals surface area contributed by atoms with E-state index >= 15 is 0 Å². The fraction of sp³-hybridized carbons (Fsp3) is 0.214. The Bertz CT molecular complexity index is 729. The first kappa shape index (κ1) is 13.7. The molecule has 1 amide bonds. The Labute approximate surface area is 123 Å². The highest BCUT2D eigenvalue weighted by molar-refractivity contribution is 7.10. The van der Waals surface area contributed by atoms with Crippen molar-refractivity contribution < 1.29 is 14.1 Å². The third-order valence-corrected chi connectivity index (χ3v) is 4.51. The van der Waals surface area contributed by atoms with Crippen molar-refractivity contribution in [2.24, 2.45) is 0 Å². The molecule has 0 bridgehead atoms. The number of nitro benzene ring substituents is 1. The van der Waals surface area contributed by atoms with E-state index in [4.69, 9.17) is 0 Å². The summed E-state index contributed by atoms with van der Waals surface area (Å²) in [5.41, 5.74) is 0.629. The van der Waals surface area contributed by atoms with Gasteiger partial charge < -0.3 is 4.90 Å². The van der Waals surface area contributed by atoms with Gasteiger partial charge in [0.15, 0.2) is 0 Å². The van der Waals surface area contributed by atoms with E-state index in [0.717, 1.165) is 24.1 Å². The smallest absolute Gasteiger partial charge is 0.304 e. The lowest BCUT2D eigenvalue weighted by Gasteiger charge is -2.27. The Morgan fingerprint density at radius 1 is 1.38 bits per heavy atom. The highest BCUT2D eigenvalue weighted by Gasteiger charge is 2.24. The van der Waals surface area contributed by atoms with Crippen LogP contribution in [0.2, 0.25) is 0 Å². The monoisotopic (exact) mass is 306 g/mol. The van der Waals surface area contributed by atoms with E-state index in [1.807, 2.05) is 11.4 Å².